The van der Waals surface area contributed by atoms with E-state index >= 15 is 0 Å². The molecule has 1 aliphatic heterocycles. The first-order chi connectivity index (χ1) is 13.1. The normalized spacial score (nSPS) is 32.2. The van der Waals surface area contributed by atoms with Gasteiger partial charge in [0, 0.05) is 6.92 Å². The number of carbonyl (C=O) groups is 4. The molecule has 0 saturated carbocycles. The van der Waals surface area contributed by atoms with Gasteiger partial charge in [-0.3, -0.25) is 14.4 Å². The zero-order valence-corrected chi connectivity index (χ0v) is 19.3. The van der Waals surface area contributed by atoms with Crippen molar-refractivity contribution >= 4 is 74.4 Å². The molecule has 0 aromatic heterocycles. The number of halogens is 4. The second-order valence-corrected chi connectivity index (χ2v) is 9.66. The number of ketones is 2. The number of amides is 1. The Morgan fingerprint density at radius 1 is 1.07 bits per heavy atom. The molecule has 1 amide bonds. The van der Waals surface area contributed by atoms with E-state index in [0.717, 1.165) is 20.8 Å². The van der Waals surface area contributed by atoms with Gasteiger partial charge in [-0.15, -0.1) is 0 Å². The van der Waals surface area contributed by atoms with Gasteiger partial charge in [0.05, 0.1) is 0 Å². The molecule has 1 aliphatic rings. The molecular formula is C15H19BrCl3NO9. The highest BCUT2D eigenvalue weighted by molar-refractivity contribution is 9.09. The van der Waals surface area contributed by atoms with E-state index in [-0.39, 0.29) is 0 Å². The number of hydrogen-bond acceptors (Lipinski definition) is 9. The van der Waals surface area contributed by atoms with Gasteiger partial charge in [-0.05, 0) is 13.8 Å². The number of hydrogen-bond donors (Lipinski definition) is 3. The first-order valence-corrected chi connectivity index (χ1v) is 10.0. The molecule has 0 aliphatic carbocycles. The standard InChI is InChI=1S/C15H19BrCl3NO9/c1-6(21)14(25)9(4-27-8(3)23)29-11(16)10(15(14,26)7(2)22)20-12(24)28-5-13(17,18)19/h9-11,25-26H,4-5H2,1-3H3,(H,20,24)/t9-,10+,11+,14-,15-/m1/s1. The van der Waals surface area contributed by atoms with Crippen molar-refractivity contribution in [3.8, 4) is 0 Å². The van der Waals surface area contributed by atoms with Gasteiger partial charge < -0.3 is 29.7 Å². The van der Waals surface area contributed by atoms with Gasteiger partial charge in [0.25, 0.3) is 0 Å². The average Bonchev–Trinajstić information content (AvgIpc) is 2.57. The number of esters is 1. The quantitative estimate of drug-likeness (QED) is 0.326. The molecule has 0 aromatic rings. The summed E-state index contributed by atoms with van der Waals surface area (Å²) in [5.41, 5.74) is -5.78. The van der Waals surface area contributed by atoms with Gasteiger partial charge in [0.2, 0.25) is 3.79 Å². The SMILES string of the molecule is CC(=O)OC[C@H]1O[C@H](Br)[C@H](NC(=O)OCC(Cl)(Cl)Cl)[C@](O)(C(C)=O)[C@@]1(O)C(C)=O. The zero-order chi connectivity index (χ0) is 22.8. The molecule has 1 fully saturated rings. The number of Topliss-reactive ketones (excluding diaryl/α,β-unsaturated/α-hetero) is 2. The predicted octanol–water partition coefficient (Wildman–Crippen LogP) is 0.774. The third kappa shape index (κ3) is 5.72. The van der Waals surface area contributed by atoms with Gasteiger partial charge in [0.1, 0.15) is 30.4 Å². The minimum Gasteiger partial charge on any atom is -0.463 e. The van der Waals surface area contributed by atoms with Gasteiger partial charge in [-0.2, -0.15) is 0 Å². The van der Waals surface area contributed by atoms with Crippen LogP contribution in [0.4, 0.5) is 4.79 Å². The summed E-state index contributed by atoms with van der Waals surface area (Å²) < 4.78 is 12.9. The highest BCUT2D eigenvalue weighted by Gasteiger charge is 2.70. The molecule has 1 heterocycles. The molecule has 1 saturated heterocycles. The predicted molar refractivity (Wildman–Crippen MR) is 104 cm³/mol. The molecule has 3 N–H and O–H groups in total. The summed E-state index contributed by atoms with van der Waals surface area (Å²) in [5.74, 6) is -2.91. The maximum Gasteiger partial charge on any atom is 0.407 e. The number of ether oxygens (including phenoxy) is 3. The fourth-order valence-electron chi connectivity index (χ4n) is 2.83. The van der Waals surface area contributed by atoms with Crippen molar-refractivity contribution in [2.45, 2.75) is 52.9 Å². The van der Waals surface area contributed by atoms with Crippen molar-refractivity contribution in [2.24, 2.45) is 0 Å². The molecule has 0 radical (unpaired) electrons. The van der Waals surface area contributed by atoms with E-state index in [9.17, 15) is 29.4 Å². The van der Waals surface area contributed by atoms with Crippen LogP contribution in [0.1, 0.15) is 20.8 Å². The summed E-state index contributed by atoms with van der Waals surface area (Å²) in [6.45, 7) is 1.53. The second-order valence-electron chi connectivity index (χ2n) is 6.24. The molecular weight excluding hydrogens is 524 g/mol. The van der Waals surface area contributed by atoms with Crippen LogP contribution in [0.5, 0.6) is 0 Å². The first-order valence-electron chi connectivity index (χ1n) is 7.97. The molecule has 0 unspecified atom stereocenters. The van der Waals surface area contributed by atoms with E-state index in [1.54, 1.807) is 0 Å². The maximum atomic E-state index is 12.4. The number of carbonyl (C=O) groups excluding carboxylic acids is 4. The molecule has 14 heteroatoms. The van der Waals surface area contributed by atoms with Crippen LogP contribution >= 0.6 is 50.7 Å². The summed E-state index contributed by atoms with van der Waals surface area (Å²) in [6, 6.07) is -1.72. The lowest BCUT2D eigenvalue weighted by molar-refractivity contribution is -0.257. The van der Waals surface area contributed by atoms with Crippen molar-refractivity contribution < 1.29 is 43.6 Å². The Bertz CT molecular complexity index is 688. The number of alkyl carbamates (subject to hydrolysis) is 1. The largest absolute Gasteiger partial charge is 0.463 e. The Labute approximate surface area is 189 Å². The Balaban J connectivity index is 3.30. The van der Waals surface area contributed by atoms with Gasteiger partial charge in [0.15, 0.2) is 22.8 Å². The van der Waals surface area contributed by atoms with E-state index in [4.69, 9.17) is 44.3 Å². The first kappa shape index (κ1) is 26.3. The van der Waals surface area contributed by atoms with E-state index in [2.05, 4.69) is 26.0 Å². The minimum absolute atomic E-state index is 0.659. The van der Waals surface area contributed by atoms with Gasteiger partial charge in [-0.1, -0.05) is 50.7 Å². The molecule has 0 bridgehead atoms. The van der Waals surface area contributed by atoms with Crippen LogP contribution in [0, 0.1) is 0 Å². The average molecular weight is 544 g/mol. The number of nitrogens with one attached hydrogen (secondary N) is 1. The Hall–Kier alpha value is -0.690. The van der Waals surface area contributed by atoms with E-state index in [0.29, 0.717) is 0 Å². The maximum absolute atomic E-state index is 12.4. The molecule has 5 atom stereocenters. The van der Waals surface area contributed by atoms with E-state index < -0.39 is 69.0 Å². The Kier molecular flexibility index (Phi) is 8.75. The monoisotopic (exact) mass is 541 g/mol. The van der Waals surface area contributed by atoms with Crippen molar-refractivity contribution in [2.75, 3.05) is 13.2 Å². The fourth-order valence-corrected chi connectivity index (χ4v) is 3.77. The van der Waals surface area contributed by atoms with E-state index in [1.165, 1.54) is 0 Å². The summed E-state index contributed by atoms with van der Waals surface area (Å²) in [4.78, 5) is 47.8. The molecule has 166 valence electrons. The zero-order valence-electron chi connectivity index (χ0n) is 15.4. The lowest BCUT2D eigenvalue weighted by Crippen LogP contribution is -2.81. The van der Waals surface area contributed by atoms with Crippen molar-refractivity contribution in [1.29, 1.82) is 0 Å². The second kappa shape index (κ2) is 9.63. The lowest BCUT2D eigenvalue weighted by atomic mass is 9.68. The van der Waals surface area contributed by atoms with E-state index in [1.807, 2.05) is 0 Å². The van der Waals surface area contributed by atoms with Crippen LogP contribution in [0.2, 0.25) is 0 Å². The van der Waals surface area contributed by atoms with Gasteiger partial charge >= 0.3 is 12.1 Å². The van der Waals surface area contributed by atoms with Crippen LogP contribution in [0.25, 0.3) is 0 Å². The topological polar surface area (TPSA) is 148 Å². The van der Waals surface area contributed by atoms with Crippen LogP contribution < -0.4 is 5.32 Å². The van der Waals surface area contributed by atoms with Crippen LogP contribution in [0.15, 0.2) is 0 Å². The van der Waals surface area contributed by atoms with Crippen LogP contribution in [0.3, 0.4) is 0 Å². The fraction of sp³-hybridized carbons (Fsp3) is 0.733. The van der Waals surface area contributed by atoms with Gasteiger partial charge in [-0.25, -0.2) is 4.79 Å². The summed E-state index contributed by atoms with van der Waals surface area (Å²) in [7, 11) is 0. The van der Waals surface area contributed by atoms with Crippen LogP contribution in [-0.4, -0.2) is 79.2 Å². The summed E-state index contributed by atoms with van der Waals surface area (Å²) in [5, 5.41) is 23.0. The Morgan fingerprint density at radius 2 is 1.59 bits per heavy atom. The number of alkyl halides is 4. The molecule has 0 spiro atoms. The van der Waals surface area contributed by atoms with Crippen molar-refractivity contribution in [1.82, 2.24) is 5.32 Å². The van der Waals surface area contributed by atoms with Crippen molar-refractivity contribution in [3.05, 3.63) is 0 Å². The molecule has 0 aromatic carbocycles. The van der Waals surface area contributed by atoms with Crippen molar-refractivity contribution in [3.63, 3.8) is 0 Å². The minimum atomic E-state index is -2.89. The number of rotatable bonds is 6. The highest BCUT2D eigenvalue weighted by Crippen LogP contribution is 2.42. The lowest BCUT2D eigenvalue weighted by Gasteiger charge is -2.53. The number of aliphatic hydroxyl groups is 2. The third-order valence-corrected chi connectivity index (χ3v) is 5.28. The third-order valence-electron chi connectivity index (χ3n) is 4.21. The highest BCUT2D eigenvalue weighted by atomic mass is 79.9. The molecule has 1 rings (SSSR count). The van der Waals surface area contributed by atoms with Crippen LogP contribution in [-0.2, 0) is 28.6 Å². The summed E-state index contributed by atoms with van der Waals surface area (Å²) in [6.07, 6.45) is -2.88. The Morgan fingerprint density at radius 3 is 2.00 bits per heavy atom. The summed E-state index contributed by atoms with van der Waals surface area (Å²) >= 11 is 19.5. The molecule has 29 heavy (non-hydrogen) atoms. The molecule has 10 nitrogen and oxygen atoms in total. The smallest absolute Gasteiger partial charge is 0.407 e.